The van der Waals surface area contributed by atoms with Crippen molar-refractivity contribution < 1.29 is 18.3 Å². The van der Waals surface area contributed by atoms with Gasteiger partial charge in [0, 0.05) is 7.05 Å². The van der Waals surface area contributed by atoms with Gasteiger partial charge < -0.3 is 10.5 Å². The Bertz CT molecular complexity index is 943. The van der Waals surface area contributed by atoms with E-state index in [4.69, 9.17) is 5.73 Å². The molecule has 1 heterocycles. The lowest BCUT2D eigenvalue weighted by molar-refractivity contribution is -0.129. The Morgan fingerprint density at radius 3 is 2.48 bits per heavy atom. The molecule has 0 aliphatic carbocycles. The Morgan fingerprint density at radius 1 is 1.24 bits per heavy atom. The van der Waals surface area contributed by atoms with Gasteiger partial charge in [0.05, 0.1) is 0 Å². The first-order valence-corrected chi connectivity index (χ1v) is 9.19. The third-order valence-electron chi connectivity index (χ3n) is 5.13. The van der Waals surface area contributed by atoms with Gasteiger partial charge in [-0.2, -0.15) is 8.78 Å². The molecule has 0 fully saturated rings. The molecule has 1 unspecified atom stereocenters. The summed E-state index contributed by atoms with van der Waals surface area (Å²) in [7, 11) is 1.56. The van der Waals surface area contributed by atoms with Crippen LogP contribution in [0.1, 0.15) is 36.0 Å². The predicted octanol–water partition coefficient (Wildman–Crippen LogP) is 4.00. The topological polar surface area (TPSA) is 67.9 Å². The van der Waals surface area contributed by atoms with Gasteiger partial charge in [-0.05, 0) is 41.2 Å². The molecule has 0 aromatic heterocycles. The van der Waals surface area contributed by atoms with Crippen LogP contribution in [0, 0.1) is 0 Å². The summed E-state index contributed by atoms with van der Waals surface area (Å²) in [6, 6.07) is 13.5. The van der Waals surface area contributed by atoms with Crippen LogP contribution in [0.15, 0.2) is 66.2 Å². The Kier molecular flexibility index (Phi) is 5.68. The number of hydrogen-bond donors (Lipinski definition) is 1. The first-order chi connectivity index (χ1) is 13.8. The molecule has 3 rings (SSSR count). The van der Waals surface area contributed by atoms with E-state index in [0.29, 0.717) is 11.1 Å². The zero-order valence-corrected chi connectivity index (χ0v) is 16.3. The van der Waals surface area contributed by atoms with E-state index in [1.54, 1.807) is 19.2 Å². The number of rotatable bonds is 7. The van der Waals surface area contributed by atoms with Crippen LogP contribution in [0.2, 0.25) is 0 Å². The van der Waals surface area contributed by atoms with Gasteiger partial charge in [-0.1, -0.05) is 49.4 Å². The molecule has 152 valence electrons. The lowest BCUT2D eigenvalue weighted by atomic mass is 9.81. The second-order valence-corrected chi connectivity index (χ2v) is 7.00. The van der Waals surface area contributed by atoms with Crippen LogP contribution in [0.5, 0.6) is 5.75 Å². The molecule has 1 aliphatic rings. The molecular weight excluding hydrogens is 376 g/mol. The van der Waals surface area contributed by atoms with Crippen molar-refractivity contribution in [2.45, 2.75) is 31.4 Å². The number of halogens is 2. The van der Waals surface area contributed by atoms with Crippen molar-refractivity contribution in [2.75, 3.05) is 7.05 Å². The van der Waals surface area contributed by atoms with Crippen LogP contribution in [0.3, 0.4) is 0 Å². The van der Waals surface area contributed by atoms with Gasteiger partial charge in [0.1, 0.15) is 5.75 Å². The third-order valence-corrected chi connectivity index (χ3v) is 5.13. The molecule has 0 bridgehead atoms. The van der Waals surface area contributed by atoms with Crippen LogP contribution >= 0.6 is 0 Å². The van der Waals surface area contributed by atoms with E-state index in [9.17, 15) is 13.6 Å². The largest absolute Gasteiger partial charge is 0.435 e. The number of nitrogens with two attached hydrogens (primary N) is 1. The quantitative estimate of drug-likeness (QED) is 0.716. The average Bonchev–Trinajstić information content (AvgIpc) is 2.93. The molecule has 2 atom stereocenters. The SMILES string of the molecule is C=CC[C@@H](C)c1cccc(C2(c3ccc(OC(F)F)cc3)N=C(N)N(C)C2=O)c1. The highest BCUT2D eigenvalue weighted by Gasteiger charge is 2.49. The summed E-state index contributed by atoms with van der Waals surface area (Å²) in [5.41, 5.74) is 6.81. The number of allylic oxidation sites excluding steroid dienone is 1. The Balaban J connectivity index is 2.13. The Morgan fingerprint density at radius 2 is 1.93 bits per heavy atom. The maximum atomic E-state index is 13.3. The van der Waals surface area contributed by atoms with Gasteiger partial charge in [-0.15, -0.1) is 6.58 Å². The molecule has 1 aliphatic heterocycles. The van der Waals surface area contributed by atoms with Gasteiger partial charge >= 0.3 is 6.61 Å². The van der Waals surface area contributed by atoms with E-state index in [0.717, 1.165) is 12.0 Å². The molecule has 0 radical (unpaired) electrons. The molecule has 2 N–H and O–H groups in total. The van der Waals surface area contributed by atoms with Crippen molar-refractivity contribution in [2.24, 2.45) is 10.7 Å². The second-order valence-electron chi connectivity index (χ2n) is 7.00. The third kappa shape index (κ3) is 3.72. The fourth-order valence-electron chi connectivity index (χ4n) is 3.52. The smallest absolute Gasteiger partial charge is 0.387 e. The van der Waals surface area contributed by atoms with Crippen molar-refractivity contribution in [3.8, 4) is 5.75 Å². The number of carbonyl (C=O) groups is 1. The molecule has 1 amide bonds. The minimum absolute atomic E-state index is 0.00279. The zero-order chi connectivity index (χ0) is 21.2. The second kappa shape index (κ2) is 8.03. The van der Waals surface area contributed by atoms with Gasteiger partial charge in [0.25, 0.3) is 5.91 Å². The van der Waals surface area contributed by atoms with Gasteiger partial charge in [0.15, 0.2) is 11.5 Å². The first kappa shape index (κ1) is 20.5. The van der Waals surface area contributed by atoms with Crippen LogP contribution in [0.25, 0.3) is 0 Å². The van der Waals surface area contributed by atoms with Gasteiger partial charge in [-0.25, -0.2) is 4.99 Å². The molecule has 0 saturated carbocycles. The number of nitrogens with zero attached hydrogens (tertiary/aromatic N) is 2. The lowest BCUT2D eigenvalue weighted by Gasteiger charge is -2.27. The average molecular weight is 399 g/mol. The predicted molar refractivity (Wildman–Crippen MR) is 108 cm³/mol. The molecule has 2 aromatic rings. The number of amides is 1. The van der Waals surface area contributed by atoms with Crippen molar-refractivity contribution in [3.63, 3.8) is 0 Å². The number of hydrogen-bond acceptors (Lipinski definition) is 4. The Hall–Kier alpha value is -3.22. The van der Waals surface area contributed by atoms with Crippen LogP contribution in [-0.4, -0.2) is 30.4 Å². The highest BCUT2D eigenvalue weighted by atomic mass is 19.3. The maximum absolute atomic E-state index is 13.3. The summed E-state index contributed by atoms with van der Waals surface area (Å²) in [4.78, 5) is 19.1. The summed E-state index contributed by atoms with van der Waals surface area (Å²) < 4.78 is 29.4. The number of alkyl halides is 2. The maximum Gasteiger partial charge on any atom is 0.387 e. The van der Waals surface area contributed by atoms with Crippen molar-refractivity contribution in [3.05, 3.63) is 77.9 Å². The highest BCUT2D eigenvalue weighted by molar-refractivity contribution is 6.08. The monoisotopic (exact) mass is 399 g/mol. The van der Waals surface area contributed by atoms with Crippen LogP contribution < -0.4 is 10.5 Å². The number of carbonyl (C=O) groups excluding carboxylic acids is 1. The van der Waals surface area contributed by atoms with Gasteiger partial charge in [-0.3, -0.25) is 9.69 Å². The summed E-state index contributed by atoms with van der Waals surface area (Å²) in [6.45, 7) is 2.93. The molecule has 29 heavy (non-hydrogen) atoms. The van der Waals surface area contributed by atoms with Crippen molar-refractivity contribution in [1.82, 2.24) is 4.90 Å². The summed E-state index contributed by atoms with van der Waals surface area (Å²) in [6.07, 6.45) is 2.63. The van der Waals surface area contributed by atoms with E-state index in [1.165, 1.54) is 17.0 Å². The van der Waals surface area contributed by atoms with E-state index < -0.39 is 12.2 Å². The minimum atomic E-state index is -2.93. The minimum Gasteiger partial charge on any atom is -0.435 e. The molecule has 2 aromatic carbocycles. The fraction of sp³-hybridized carbons (Fsp3) is 0.273. The molecule has 0 saturated heterocycles. The highest BCUT2D eigenvalue weighted by Crippen LogP contribution is 2.40. The standard InChI is InChI=1S/C22H23F2N3O2/c1-4-6-14(2)15-7-5-8-17(13-15)22(19(28)27(3)21(25)26-22)16-9-11-18(12-10-16)29-20(23)24/h4-5,7-14,20H,1,6H2,2-3H3,(H2,25,26)/t14-,22?/m1/s1. The normalized spacial score (nSPS) is 20.0. The molecule has 7 heteroatoms. The Labute approximate surface area is 168 Å². The van der Waals surface area contributed by atoms with E-state index >= 15 is 0 Å². The van der Waals surface area contributed by atoms with Crippen molar-refractivity contribution >= 4 is 11.9 Å². The molecular formula is C22H23F2N3O2. The van der Waals surface area contributed by atoms with E-state index in [1.807, 2.05) is 30.3 Å². The molecule has 0 spiro atoms. The number of ether oxygens (including phenoxy) is 1. The van der Waals surface area contributed by atoms with Crippen LogP contribution in [0.4, 0.5) is 8.78 Å². The summed E-state index contributed by atoms with van der Waals surface area (Å²) in [5.74, 6) is -0.0108. The number of likely N-dealkylation sites (N-methyl/N-ethyl adjacent to an activating group) is 1. The number of aliphatic imine (C=N–C) groups is 1. The van der Waals surface area contributed by atoms with Crippen molar-refractivity contribution in [1.29, 1.82) is 0 Å². The first-order valence-electron chi connectivity index (χ1n) is 9.19. The summed E-state index contributed by atoms with van der Waals surface area (Å²) in [5, 5.41) is 0. The zero-order valence-electron chi connectivity index (χ0n) is 16.3. The van der Waals surface area contributed by atoms with E-state index in [-0.39, 0.29) is 23.5 Å². The molecule has 5 nitrogen and oxygen atoms in total. The van der Waals surface area contributed by atoms with Gasteiger partial charge in [0.2, 0.25) is 0 Å². The summed E-state index contributed by atoms with van der Waals surface area (Å²) >= 11 is 0. The fourth-order valence-corrected chi connectivity index (χ4v) is 3.52. The van der Waals surface area contributed by atoms with E-state index in [2.05, 4.69) is 23.2 Å². The lowest BCUT2D eigenvalue weighted by Crippen LogP contribution is -2.41. The number of guanidine groups is 1. The number of benzene rings is 2. The van der Waals surface area contributed by atoms with Crippen LogP contribution in [-0.2, 0) is 10.3 Å².